The molecule has 1 aromatic carbocycles. The van der Waals surface area contributed by atoms with Crippen LogP contribution in [0.5, 0.6) is 0 Å². The minimum atomic E-state index is -0.328. The molecule has 0 fully saturated rings. The van der Waals surface area contributed by atoms with Gasteiger partial charge >= 0.3 is 0 Å². The fraction of sp³-hybridized carbons (Fsp3) is 0.143. The molecule has 0 radical (unpaired) electrons. The molecule has 3 rings (SSSR count). The van der Waals surface area contributed by atoms with Crippen molar-refractivity contribution >= 4 is 23.3 Å². The van der Waals surface area contributed by atoms with Crippen molar-refractivity contribution in [2.75, 3.05) is 0 Å². The van der Waals surface area contributed by atoms with Gasteiger partial charge in [0.05, 0.1) is 11.1 Å². The van der Waals surface area contributed by atoms with E-state index in [2.05, 4.69) is 10.2 Å². The summed E-state index contributed by atoms with van der Waals surface area (Å²) in [5.41, 5.74) is 1.40. The van der Waals surface area contributed by atoms with Crippen molar-refractivity contribution in [3.05, 3.63) is 51.3 Å². The van der Waals surface area contributed by atoms with Gasteiger partial charge in [-0.3, -0.25) is 9.36 Å². The SMILES string of the molecule is Cn1c(=O)c2cc(-c3ccc(F)cc3)nnc2n(C)c1=S. The van der Waals surface area contributed by atoms with Crippen LogP contribution in [0.4, 0.5) is 4.39 Å². The van der Waals surface area contributed by atoms with E-state index in [1.807, 2.05) is 0 Å². The van der Waals surface area contributed by atoms with Crippen LogP contribution in [0.25, 0.3) is 22.3 Å². The van der Waals surface area contributed by atoms with Gasteiger partial charge in [-0.15, -0.1) is 10.2 Å². The number of fused-ring (bicyclic) bond motifs is 1. The molecule has 21 heavy (non-hydrogen) atoms. The average Bonchev–Trinajstić information content (AvgIpc) is 2.51. The van der Waals surface area contributed by atoms with Gasteiger partial charge in [0.15, 0.2) is 10.4 Å². The zero-order chi connectivity index (χ0) is 15.1. The molecular weight excluding hydrogens is 291 g/mol. The number of hydrogen-bond donors (Lipinski definition) is 0. The third-order valence-electron chi connectivity index (χ3n) is 3.34. The molecule has 0 saturated carbocycles. The summed E-state index contributed by atoms with van der Waals surface area (Å²) in [5.74, 6) is -0.328. The topological polar surface area (TPSA) is 52.7 Å². The molecule has 0 saturated heterocycles. The van der Waals surface area contributed by atoms with Crippen molar-refractivity contribution in [3.63, 3.8) is 0 Å². The Morgan fingerprint density at radius 1 is 1.10 bits per heavy atom. The molecule has 2 aromatic heterocycles. The number of aryl methyl sites for hydroxylation is 1. The van der Waals surface area contributed by atoms with Gasteiger partial charge in [0, 0.05) is 19.7 Å². The molecule has 0 aliphatic heterocycles. The third kappa shape index (κ3) is 2.15. The van der Waals surface area contributed by atoms with Crippen molar-refractivity contribution in [1.82, 2.24) is 19.3 Å². The van der Waals surface area contributed by atoms with Crippen LogP contribution in [0.2, 0.25) is 0 Å². The Morgan fingerprint density at radius 2 is 1.76 bits per heavy atom. The molecule has 0 amide bonds. The summed E-state index contributed by atoms with van der Waals surface area (Å²) in [6.45, 7) is 0. The summed E-state index contributed by atoms with van der Waals surface area (Å²) in [7, 11) is 3.35. The smallest absolute Gasteiger partial charge is 0.263 e. The number of rotatable bonds is 1. The predicted octanol–water partition coefficient (Wildman–Crippen LogP) is 2.20. The van der Waals surface area contributed by atoms with Crippen LogP contribution in [0.3, 0.4) is 0 Å². The maximum atomic E-state index is 13.0. The normalized spacial score (nSPS) is 11.0. The summed E-state index contributed by atoms with van der Waals surface area (Å²) in [6.07, 6.45) is 0. The van der Waals surface area contributed by atoms with E-state index in [1.165, 1.54) is 16.7 Å². The summed E-state index contributed by atoms with van der Waals surface area (Å²) in [6, 6.07) is 7.51. The zero-order valence-corrected chi connectivity index (χ0v) is 12.2. The summed E-state index contributed by atoms with van der Waals surface area (Å²) in [4.78, 5) is 12.3. The molecule has 2 heterocycles. The number of aromatic nitrogens is 4. The fourth-order valence-electron chi connectivity index (χ4n) is 2.14. The highest BCUT2D eigenvalue weighted by Gasteiger charge is 2.10. The van der Waals surface area contributed by atoms with Gasteiger partial charge in [0.2, 0.25) is 0 Å². The van der Waals surface area contributed by atoms with E-state index in [9.17, 15) is 9.18 Å². The lowest BCUT2D eigenvalue weighted by molar-refractivity contribution is 0.628. The first-order valence-corrected chi connectivity index (χ1v) is 6.59. The van der Waals surface area contributed by atoms with E-state index in [0.717, 1.165) is 0 Å². The largest absolute Gasteiger partial charge is 0.304 e. The molecule has 0 spiro atoms. The minimum absolute atomic E-state index is 0.230. The quantitative estimate of drug-likeness (QED) is 0.647. The number of nitrogens with zero attached hydrogens (tertiary/aromatic N) is 4. The Balaban J connectivity index is 2.33. The second-order valence-electron chi connectivity index (χ2n) is 4.68. The molecule has 106 valence electrons. The molecular formula is C14H11FN4OS. The van der Waals surface area contributed by atoms with Crippen LogP contribution in [0, 0.1) is 10.6 Å². The fourth-order valence-corrected chi connectivity index (χ4v) is 2.30. The Bertz CT molecular complexity index is 960. The number of hydrogen-bond acceptors (Lipinski definition) is 4. The van der Waals surface area contributed by atoms with Crippen LogP contribution in [-0.4, -0.2) is 19.3 Å². The first-order chi connectivity index (χ1) is 9.99. The van der Waals surface area contributed by atoms with Gasteiger partial charge in [0.25, 0.3) is 5.56 Å². The molecule has 3 aromatic rings. The molecule has 0 aliphatic carbocycles. The Kier molecular flexibility index (Phi) is 3.13. The molecule has 0 aliphatic rings. The lowest BCUT2D eigenvalue weighted by atomic mass is 10.1. The molecule has 0 unspecified atom stereocenters. The number of benzene rings is 1. The van der Waals surface area contributed by atoms with Crippen molar-refractivity contribution in [1.29, 1.82) is 0 Å². The molecule has 0 atom stereocenters. The summed E-state index contributed by atoms with van der Waals surface area (Å²) in [5, 5.41) is 8.59. The second-order valence-corrected chi connectivity index (χ2v) is 5.04. The van der Waals surface area contributed by atoms with Crippen LogP contribution in [0.15, 0.2) is 35.1 Å². The van der Waals surface area contributed by atoms with Crippen molar-refractivity contribution in [2.24, 2.45) is 14.1 Å². The van der Waals surface area contributed by atoms with E-state index >= 15 is 0 Å². The second kappa shape index (κ2) is 4.85. The Hall–Kier alpha value is -2.41. The highest BCUT2D eigenvalue weighted by Crippen LogP contribution is 2.19. The van der Waals surface area contributed by atoms with Crippen molar-refractivity contribution < 1.29 is 4.39 Å². The van der Waals surface area contributed by atoms with Gasteiger partial charge in [-0.05, 0) is 42.5 Å². The highest BCUT2D eigenvalue weighted by atomic mass is 32.1. The van der Waals surface area contributed by atoms with Crippen LogP contribution >= 0.6 is 12.2 Å². The molecule has 0 bridgehead atoms. The van der Waals surface area contributed by atoms with E-state index < -0.39 is 0 Å². The summed E-state index contributed by atoms with van der Waals surface area (Å²) >= 11 is 5.17. The molecule has 0 N–H and O–H groups in total. The van der Waals surface area contributed by atoms with Crippen LogP contribution < -0.4 is 5.56 Å². The van der Waals surface area contributed by atoms with Gasteiger partial charge in [-0.2, -0.15) is 0 Å². The highest BCUT2D eigenvalue weighted by molar-refractivity contribution is 7.71. The van der Waals surface area contributed by atoms with Gasteiger partial charge < -0.3 is 4.57 Å². The molecule has 5 nitrogen and oxygen atoms in total. The first kappa shape index (κ1) is 13.6. The maximum absolute atomic E-state index is 13.0. The maximum Gasteiger partial charge on any atom is 0.263 e. The van der Waals surface area contributed by atoms with E-state index in [1.54, 1.807) is 36.9 Å². The summed E-state index contributed by atoms with van der Waals surface area (Å²) < 4.78 is 16.4. The first-order valence-electron chi connectivity index (χ1n) is 6.18. The van der Waals surface area contributed by atoms with Gasteiger partial charge in [-0.1, -0.05) is 0 Å². The van der Waals surface area contributed by atoms with Crippen LogP contribution in [-0.2, 0) is 14.1 Å². The van der Waals surface area contributed by atoms with E-state index in [0.29, 0.717) is 27.1 Å². The standard InChI is InChI=1S/C14H11FN4OS/c1-18-12-10(13(20)19(2)14(18)21)7-11(16-17-12)8-3-5-9(15)6-4-8/h3-7H,1-2H3. The van der Waals surface area contributed by atoms with Gasteiger partial charge in [-0.25, -0.2) is 4.39 Å². The van der Waals surface area contributed by atoms with Crippen molar-refractivity contribution in [2.45, 2.75) is 0 Å². The monoisotopic (exact) mass is 302 g/mol. The minimum Gasteiger partial charge on any atom is -0.304 e. The third-order valence-corrected chi connectivity index (χ3v) is 3.89. The number of halogens is 1. The van der Waals surface area contributed by atoms with Crippen molar-refractivity contribution in [3.8, 4) is 11.3 Å². The van der Waals surface area contributed by atoms with Crippen LogP contribution in [0.1, 0.15) is 0 Å². The Labute approximate surface area is 124 Å². The van der Waals surface area contributed by atoms with Gasteiger partial charge in [0.1, 0.15) is 5.82 Å². The van der Waals surface area contributed by atoms with E-state index in [4.69, 9.17) is 12.2 Å². The zero-order valence-electron chi connectivity index (χ0n) is 11.4. The van der Waals surface area contributed by atoms with E-state index in [-0.39, 0.29) is 11.4 Å². The predicted molar refractivity (Wildman–Crippen MR) is 80.0 cm³/mol. The average molecular weight is 302 g/mol. The lowest BCUT2D eigenvalue weighted by Gasteiger charge is -2.08. The Morgan fingerprint density at radius 3 is 2.43 bits per heavy atom. The lowest BCUT2D eigenvalue weighted by Crippen LogP contribution is -2.22. The molecule has 7 heteroatoms.